The van der Waals surface area contributed by atoms with E-state index in [1.807, 2.05) is 13.8 Å². The molecule has 4 aromatic rings. The van der Waals surface area contributed by atoms with Crippen LogP contribution in [0.5, 0.6) is 0 Å². The molecule has 2 aromatic heterocycles. The van der Waals surface area contributed by atoms with Gasteiger partial charge in [-0.25, -0.2) is 14.5 Å². The van der Waals surface area contributed by atoms with Gasteiger partial charge in [0.25, 0.3) is 5.56 Å². The summed E-state index contributed by atoms with van der Waals surface area (Å²) in [5, 5.41) is 5.97. The number of nitrogens with one attached hydrogen (secondary N) is 1. The van der Waals surface area contributed by atoms with Crippen LogP contribution in [0.4, 0.5) is 0 Å². The van der Waals surface area contributed by atoms with Crippen LogP contribution < -0.4 is 5.56 Å². The highest BCUT2D eigenvalue weighted by Gasteiger charge is 2.23. The summed E-state index contributed by atoms with van der Waals surface area (Å²) >= 11 is 19.0. The van der Waals surface area contributed by atoms with Crippen LogP contribution in [0, 0.1) is 0 Å². The van der Waals surface area contributed by atoms with E-state index in [0.29, 0.717) is 51.9 Å². The lowest BCUT2D eigenvalue weighted by molar-refractivity contribution is 0.0526. The SMILES string of the molecule is CCOC(=O)c1ccc(Cc2nc3c(c(C(C)C)nn3-c3c(Cl)cc(Cl)cc3Cl)c(=O)[nH]2)cc1. The van der Waals surface area contributed by atoms with Crippen LogP contribution >= 0.6 is 34.8 Å². The molecular formula is C24H21Cl3N4O3. The minimum Gasteiger partial charge on any atom is -0.462 e. The van der Waals surface area contributed by atoms with Crippen molar-refractivity contribution in [2.75, 3.05) is 6.61 Å². The lowest BCUT2D eigenvalue weighted by Crippen LogP contribution is -2.14. The quantitative estimate of drug-likeness (QED) is 0.317. The smallest absolute Gasteiger partial charge is 0.338 e. The maximum atomic E-state index is 13.1. The zero-order valence-electron chi connectivity index (χ0n) is 18.7. The van der Waals surface area contributed by atoms with Crippen LogP contribution in [0.3, 0.4) is 0 Å². The topological polar surface area (TPSA) is 89.9 Å². The maximum Gasteiger partial charge on any atom is 0.338 e. The van der Waals surface area contributed by atoms with E-state index in [0.717, 1.165) is 5.56 Å². The molecular weight excluding hydrogens is 499 g/mol. The number of ether oxygens (including phenoxy) is 1. The summed E-state index contributed by atoms with van der Waals surface area (Å²) < 4.78 is 6.51. The van der Waals surface area contributed by atoms with E-state index >= 15 is 0 Å². The Morgan fingerprint density at radius 3 is 2.35 bits per heavy atom. The Balaban J connectivity index is 1.82. The van der Waals surface area contributed by atoms with Crippen LogP contribution in [0.1, 0.15) is 54.1 Å². The zero-order valence-corrected chi connectivity index (χ0v) is 20.9. The van der Waals surface area contributed by atoms with Gasteiger partial charge in [-0.05, 0) is 42.7 Å². The molecule has 0 saturated carbocycles. The molecule has 0 radical (unpaired) electrons. The largest absolute Gasteiger partial charge is 0.462 e. The van der Waals surface area contributed by atoms with E-state index in [1.165, 1.54) is 4.68 Å². The average molecular weight is 520 g/mol. The molecule has 0 saturated heterocycles. The van der Waals surface area contributed by atoms with Crippen LogP contribution in [-0.2, 0) is 11.2 Å². The van der Waals surface area contributed by atoms with E-state index in [1.54, 1.807) is 43.3 Å². The number of H-pyrrole nitrogens is 1. The first-order valence-electron chi connectivity index (χ1n) is 10.6. The van der Waals surface area contributed by atoms with Gasteiger partial charge in [-0.15, -0.1) is 0 Å². The first-order chi connectivity index (χ1) is 16.2. The predicted molar refractivity (Wildman–Crippen MR) is 134 cm³/mol. The molecule has 0 spiro atoms. The third-order valence-corrected chi connectivity index (χ3v) is 5.99. The first kappa shape index (κ1) is 24.3. The molecule has 0 amide bonds. The number of carbonyl (C=O) groups excluding carboxylic acids is 1. The van der Waals surface area contributed by atoms with Gasteiger partial charge >= 0.3 is 5.97 Å². The Kier molecular flexibility index (Phi) is 6.98. The fraction of sp³-hybridized carbons (Fsp3) is 0.250. The second-order valence-electron chi connectivity index (χ2n) is 7.98. The minimum absolute atomic E-state index is 0.0437. The van der Waals surface area contributed by atoms with Gasteiger partial charge in [-0.1, -0.05) is 60.8 Å². The van der Waals surface area contributed by atoms with Gasteiger partial charge in [0.15, 0.2) is 5.65 Å². The van der Waals surface area contributed by atoms with Crippen molar-refractivity contribution in [1.29, 1.82) is 0 Å². The van der Waals surface area contributed by atoms with E-state index in [2.05, 4.69) is 10.1 Å². The van der Waals surface area contributed by atoms with E-state index in [-0.39, 0.29) is 27.5 Å². The molecule has 0 unspecified atom stereocenters. The Bertz CT molecular complexity index is 1420. The molecule has 34 heavy (non-hydrogen) atoms. The summed E-state index contributed by atoms with van der Waals surface area (Å²) in [4.78, 5) is 32.6. The van der Waals surface area contributed by atoms with Crippen molar-refractivity contribution >= 4 is 51.8 Å². The number of nitrogens with zero attached hydrogens (tertiary/aromatic N) is 3. The lowest BCUT2D eigenvalue weighted by atomic mass is 10.1. The number of aromatic nitrogens is 4. The Morgan fingerprint density at radius 1 is 1.12 bits per heavy atom. The highest BCUT2D eigenvalue weighted by atomic mass is 35.5. The molecule has 176 valence electrons. The monoisotopic (exact) mass is 518 g/mol. The molecule has 0 aliphatic heterocycles. The first-order valence-corrected chi connectivity index (χ1v) is 11.8. The lowest BCUT2D eigenvalue weighted by Gasteiger charge is -2.09. The number of esters is 1. The highest BCUT2D eigenvalue weighted by molar-refractivity contribution is 6.40. The van der Waals surface area contributed by atoms with E-state index < -0.39 is 0 Å². The molecule has 0 bridgehead atoms. The Labute approximate surface area is 210 Å². The van der Waals surface area contributed by atoms with Crippen molar-refractivity contribution in [3.05, 3.63) is 84.5 Å². The van der Waals surface area contributed by atoms with Crippen molar-refractivity contribution < 1.29 is 9.53 Å². The molecule has 2 heterocycles. The Morgan fingerprint density at radius 2 is 1.76 bits per heavy atom. The minimum atomic E-state index is -0.385. The molecule has 0 aliphatic rings. The molecule has 0 fully saturated rings. The molecule has 0 atom stereocenters. The molecule has 4 rings (SSSR count). The standard InChI is InChI=1S/C24H21Cl3N4O3/c1-4-34-24(33)14-7-5-13(6-8-14)9-18-28-22-19(23(32)29-18)20(12(2)3)30-31(22)21-16(26)10-15(25)11-17(21)27/h5-8,10-12H,4,9H2,1-3H3,(H,28,29,32). The average Bonchev–Trinajstić information content (AvgIpc) is 3.14. The van der Waals surface area contributed by atoms with E-state index in [4.69, 9.17) is 44.5 Å². The van der Waals surface area contributed by atoms with Gasteiger partial charge in [0.2, 0.25) is 0 Å². The fourth-order valence-corrected chi connectivity index (χ4v) is 4.62. The van der Waals surface area contributed by atoms with Gasteiger partial charge in [-0.2, -0.15) is 5.10 Å². The number of benzene rings is 2. The van der Waals surface area contributed by atoms with Crippen molar-refractivity contribution in [3.8, 4) is 5.69 Å². The number of rotatable bonds is 6. The summed E-state index contributed by atoms with van der Waals surface area (Å²) in [5.41, 5.74) is 2.32. The second kappa shape index (κ2) is 9.78. The van der Waals surface area contributed by atoms with Gasteiger partial charge in [0.1, 0.15) is 16.9 Å². The number of aromatic amines is 1. The van der Waals surface area contributed by atoms with Crippen molar-refractivity contribution in [1.82, 2.24) is 19.7 Å². The molecule has 7 nitrogen and oxygen atoms in total. The number of hydrogen-bond donors (Lipinski definition) is 1. The van der Waals surface area contributed by atoms with Crippen molar-refractivity contribution in [2.24, 2.45) is 0 Å². The third kappa shape index (κ3) is 4.69. The summed E-state index contributed by atoms with van der Waals surface area (Å²) in [6, 6.07) is 10.1. The number of hydrogen-bond acceptors (Lipinski definition) is 5. The van der Waals surface area contributed by atoms with Gasteiger partial charge in [0.05, 0.1) is 27.9 Å². The van der Waals surface area contributed by atoms with Gasteiger partial charge < -0.3 is 9.72 Å². The molecule has 0 aliphatic carbocycles. The van der Waals surface area contributed by atoms with Gasteiger partial charge in [0, 0.05) is 11.4 Å². The van der Waals surface area contributed by atoms with Crippen LogP contribution in [0.2, 0.25) is 15.1 Å². The third-order valence-electron chi connectivity index (χ3n) is 5.19. The predicted octanol–water partition coefficient (Wildman–Crippen LogP) is 5.96. The van der Waals surface area contributed by atoms with Crippen LogP contribution in [0.25, 0.3) is 16.7 Å². The molecule has 2 aromatic carbocycles. The maximum absolute atomic E-state index is 13.1. The van der Waals surface area contributed by atoms with Crippen molar-refractivity contribution in [2.45, 2.75) is 33.1 Å². The number of halogens is 3. The molecule has 1 N–H and O–H groups in total. The molecule has 10 heteroatoms. The fourth-order valence-electron chi connectivity index (χ4n) is 3.64. The normalized spacial score (nSPS) is 11.4. The van der Waals surface area contributed by atoms with E-state index in [9.17, 15) is 9.59 Å². The van der Waals surface area contributed by atoms with Crippen LogP contribution in [-0.4, -0.2) is 32.3 Å². The Hall–Kier alpha value is -2.87. The summed E-state index contributed by atoms with van der Waals surface area (Å²) in [6.45, 7) is 5.94. The van der Waals surface area contributed by atoms with Crippen LogP contribution in [0.15, 0.2) is 41.2 Å². The van der Waals surface area contributed by atoms with Gasteiger partial charge in [-0.3, -0.25) is 4.79 Å². The summed E-state index contributed by atoms with van der Waals surface area (Å²) in [7, 11) is 0. The summed E-state index contributed by atoms with van der Waals surface area (Å²) in [6.07, 6.45) is 0.332. The zero-order chi connectivity index (χ0) is 24.6. The highest BCUT2D eigenvalue weighted by Crippen LogP contribution is 2.34. The number of carbonyl (C=O) groups is 1. The second-order valence-corrected chi connectivity index (χ2v) is 9.23. The summed E-state index contributed by atoms with van der Waals surface area (Å²) in [5.74, 6) is 0.000613. The van der Waals surface area contributed by atoms with Crippen molar-refractivity contribution in [3.63, 3.8) is 0 Å². The number of fused-ring (bicyclic) bond motifs is 1.